The van der Waals surface area contributed by atoms with E-state index in [1.54, 1.807) is 36.9 Å². The van der Waals surface area contributed by atoms with Crippen LogP contribution >= 0.6 is 0 Å². The van der Waals surface area contributed by atoms with E-state index in [-0.39, 0.29) is 37.9 Å². The molecule has 0 radical (unpaired) electrons. The van der Waals surface area contributed by atoms with E-state index in [1.807, 2.05) is 57.4 Å². The van der Waals surface area contributed by atoms with Crippen LogP contribution < -0.4 is 15.8 Å². The van der Waals surface area contributed by atoms with Gasteiger partial charge in [0.05, 0.1) is 19.2 Å². The normalized spacial score (nSPS) is 13.8. The van der Waals surface area contributed by atoms with Gasteiger partial charge in [-0.1, -0.05) is 42.0 Å². The maximum absolute atomic E-state index is 14.2. The summed E-state index contributed by atoms with van der Waals surface area (Å²) < 4.78 is 5.91. The summed E-state index contributed by atoms with van der Waals surface area (Å²) >= 11 is 0. The summed E-state index contributed by atoms with van der Waals surface area (Å²) in [5.74, 6) is -2.06. The summed E-state index contributed by atoms with van der Waals surface area (Å²) in [7, 11) is 4.02. The van der Waals surface area contributed by atoms with Gasteiger partial charge in [-0.2, -0.15) is 0 Å². The zero-order valence-electron chi connectivity index (χ0n) is 29.6. The SMILES string of the molecule is C=CCN(CC(N)=O)C(=O)CCN1C(=O)c2cc(NC(=O)C(=O)c3c(C)cc(C)cc3C)ccc2CC1c1ccc(OCCCN(C)C)cc1. The van der Waals surface area contributed by atoms with Gasteiger partial charge in [-0.05, 0) is 94.2 Å². The van der Waals surface area contributed by atoms with Crippen molar-refractivity contribution < 1.29 is 28.7 Å². The second-order valence-electron chi connectivity index (χ2n) is 13.0. The number of hydrogen-bond donors (Lipinski definition) is 2. The predicted octanol–water partition coefficient (Wildman–Crippen LogP) is 4.39. The smallest absolute Gasteiger partial charge is 0.296 e. The molecule has 0 spiro atoms. The van der Waals surface area contributed by atoms with E-state index in [2.05, 4.69) is 16.8 Å². The lowest BCUT2D eigenvalue weighted by Gasteiger charge is -2.37. The summed E-state index contributed by atoms with van der Waals surface area (Å²) in [6, 6.07) is 16.0. The standard InChI is InChI=1S/C39H47N5O6/c1-7-16-43(24-34(40)45)35(46)15-18-44-33(28-10-13-31(14-11-28)50-19-8-17-42(5)6)22-29-9-12-30(23-32(29)39(44)49)41-38(48)37(47)36-26(3)20-25(2)21-27(36)4/h7,9-14,20-21,23,33H,1,8,15-19,22,24H2,2-6H3,(H2,40,45)(H,41,48). The van der Waals surface area contributed by atoms with Gasteiger partial charge < -0.3 is 30.5 Å². The number of aryl methyl sites for hydroxylation is 3. The van der Waals surface area contributed by atoms with Crippen LogP contribution in [-0.4, -0.2) is 91.0 Å². The highest BCUT2D eigenvalue weighted by molar-refractivity contribution is 6.47. The average molecular weight is 682 g/mol. The summed E-state index contributed by atoms with van der Waals surface area (Å²) in [5, 5.41) is 2.68. The number of benzene rings is 3. The maximum atomic E-state index is 14.2. The molecule has 50 heavy (non-hydrogen) atoms. The molecule has 11 nitrogen and oxygen atoms in total. The van der Waals surface area contributed by atoms with Gasteiger partial charge in [0.15, 0.2) is 0 Å². The van der Waals surface area contributed by atoms with Gasteiger partial charge in [0, 0.05) is 42.9 Å². The van der Waals surface area contributed by atoms with Crippen LogP contribution in [0.2, 0.25) is 0 Å². The Bertz CT molecular complexity index is 1740. The van der Waals surface area contributed by atoms with Crippen LogP contribution in [0.1, 0.15) is 67.4 Å². The molecule has 4 amide bonds. The lowest BCUT2D eigenvalue weighted by Crippen LogP contribution is -2.44. The largest absolute Gasteiger partial charge is 0.494 e. The molecule has 1 aliphatic heterocycles. The highest BCUT2D eigenvalue weighted by Crippen LogP contribution is 2.35. The lowest BCUT2D eigenvalue weighted by molar-refractivity contribution is -0.134. The van der Waals surface area contributed by atoms with Gasteiger partial charge in [0.1, 0.15) is 5.75 Å². The zero-order valence-corrected chi connectivity index (χ0v) is 29.6. The topological polar surface area (TPSA) is 142 Å². The van der Waals surface area contributed by atoms with E-state index in [1.165, 1.54) is 11.0 Å². The van der Waals surface area contributed by atoms with E-state index >= 15 is 0 Å². The number of nitrogens with zero attached hydrogens (tertiary/aromatic N) is 3. The van der Waals surface area contributed by atoms with Crippen molar-refractivity contribution in [3.63, 3.8) is 0 Å². The summed E-state index contributed by atoms with van der Waals surface area (Å²) in [6.07, 6.45) is 2.79. The van der Waals surface area contributed by atoms with E-state index in [4.69, 9.17) is 10.5 Å². The number of hydrogen-bond acceptors (Lipinski definition) is 7. The third-order valence-electron chi connectivity index (χ3n) is 8.66. The molecule has 11 heteroatoms. The van der Waals surface area contributed by atoms with Crippen LogP contribution in [0.3, 0.4) is 0 Å². The van der Waals surface area contributed by atoms with Crippen molar-refractivity contribution in [2.24, 2.45) is 5.73 Å². The number of fused-ring (bicyclic) bond motifs is 1. The summed E-state index contributed by atoms with van der Waals surface area (Å²) in [6.45, 7) is 10.6. The number of carbonyl (C=O) groups excluding carboxylic acids is 5. The third-order valence-corrected chi connectivity index (χ3v) is 8.66. The molecule has 4 rings (SSSR count). The molecule has 3 N–H and O–H groups in total. The molecule has 0 aliphatic carbocycles. The van der Waals surface area contributed by atoms with Gasteiger partial charge in [-0.15, -0.1) is 6.58 Å². The van der Waals surface area contributed by atoms with E-state index in [9.17, 15) is 24.0 Å². The van der Waals surface area contributed by atoms with Crippen LogP contribution in [0.5, 0.6) is 5.75 Å². The molecule has 1 unspecified atom stereocenters. The first-order chi connectivity index (χ1) is 23.8. The average Bonchev–Trinajstić information content (AvgIpc) is 3.05. The number of rotatable bonds is 16. The van der Waals surface area contributed by atoms with Crippen molar-refractivity contribution in [1.82, 2.24) is 14.7 Å². The van der Waals surface area contributed by atoms with Gasteiger partial charge in [-0.3, -0.25) is 24.0 Å². The van der Waals surface area contributed by atoms with Crippen LogP contribution in [0, 0.1) is 20.8 Å². The van der Waals surface area contributed by atoms with Crippen molar-refractivity contribution in [2.45, 2.75) is 46.1 Å². The van der Waals surface area contributed by atoms with Gasteiger partial charge in [0.25, 0.3) is 17.6 Å². The summed E-state index contributed by atoms with van der Waals surface area (Å²) in [5.41, 5.74) is 10.4. The quantitative estimate of drug-likeness (QED) is 0.0989. The Morgan fingerprint density at radius 2 is 1.70 bits per heavy atom. The number of ketones is 1. The molecule has 0 saturated carbocycles. The predicted molar refractivity (Wildman–Crippen MR) is 193 cm³/mol. The molecule has 3 aromatic rings. The van der Waals surface area contributed by atoms with Crippen molar-refractivity contribution in [1.29, 1.82) is 0 Å². The Labute approximate surface area is 294 Å². The molecular formula is C39H47N5O6. The number of amides is 4. The van der Waals surface area contributed by atoms with Gasteiger partial charge >= 0.3 is 0 Å². The number of anilines is 1. The monoisotopic (exact) mass is 681 g/mol. The Hall–Kier alpha value is -5.29. The summed E-state index contributed by atoms with van der Waals surface area (Å²) in [4.78, 5) is 70.3. The first-order valence-electron chi connectivity index (χ1n) is 16.7. The molecule has 0 bridgehead atoms. The minimum absolute atomic E-state index is 0.0497. The Morgan fingerprint density at radius 1 is 1.02 bits per heavy atom. The number of nitrogens with one attached hydrogen (secondary N) is 1. The molecule has 0 fully saturated rings. The van der Waals surface area contributed by atoms with Crippen molar-refractivity contribution in [3.05, 3.63) is 106 Å². The Balaban J connectivity index is 1.59. The molecule has 0 aromatic heterocycles. The third kappa shape index (κ3) is 9.44. The first-order valence-corrected chi connectivity index (χ1v) is 16.7. The number of primary amides is 1. The minimum Gasteiger partial charge on any atom is -0.494 e. The van der Waals surface area contributed by atoms with Crippen LogP contribution in [-0.2, 0) is 20.8 Å². The molecule has 1 aliphatic rings. The fourth-order valence-electron chi connectivity index (χ4n) is 6.37. The van der Waals surface area contributed by atoms with Gasteiger partial charge in [-0.25, -0.2) is 0 Å². The van der Waals surface area contributed by atoms with E-state index in [0.29, 0.717) is 46.7 Å². The fourth-order valence-corrected chi connectivity index (χ4v) is 6.37. The first kappa shape index (κ1) is 37.5. The zero-order chi connectivity index (χ0) is 36.5. The molecule has 264 valence electrons. The number of ether oxygens (including phenoxy) is 1. The van der Waals surface area contributed by atoms with Crippen LogP contribution in [0.25, 0.3) is 0 Å². The molecule has 0 saturated heterocycles. The van der Waals surface area contributed by atoms with Crippen molar-refractivity contribution in [2.75, 3.05) is 52.2 Å². The lowest BCUT2D eigenvalue weighted by atomic mass is 9.88. The van der Waals surface area contributed by atoms with Crippen molar-refractivity contribution in [3.8, 4) is 5.75 Å². The fraction of sp³-hybridized carbons (Fsp3) is 0.359. The Kier molecular flexibility index (Phi) is 12.7. The van der Waals surface area contributed by atoms with Gasteiger partial charge in [0.2, 0.25) is 11.8 Å². The molecule has 1 heterocycles. The Morgan fingerprint density at radius 3 is 2.32 bits per heavy atom. The van der Waals surface area contributed by atoms with E-state index in [0.717, 1.165) is 29.7 Å². The van der Waals surface area contributed by atoms with E-state index < -0.39 is 23.6 Å². The number of carbonyl (C=O) groups is 5. The second kappa shape index (κ2) is 16.9. The number of Topliss-reactive ketones (excluding diaryl/α,β-unsaturated/α-hetero) is 1. The maximum Gasteiger partial charge on any atom is 0.296 e. The second-order valence-corrected chi connectivity index (χ2v) is 13.0. The highest BCUT2D eigenvalue weighted by Gasteiger charge is 2.34. The molecule has 1 atom stereocenters. The highest BCUT2D eigenvalue weighted by atomic mass is 16.5. The molecular weight excluding hydrogens is 634 g/mol. The van der Waals surface area contributed by atoms with Crippen molar-refractivity contribution >= 4 is 35.1 Å². The minimum atomic E-state index is -0.802. The number of nitrogens with two attached hydrogens (primary N) is 1. The van der Waals surface area contributed by atoms with Crippen LogP contribution in [0.4, 0.5) is 5.69 Å². The van der Waals surface area contributed by atoms with Crippen LogP contribution in [0.15, 0.2) is 67.3 Å². The molecule has 3 aromatic carbocycles.